The number of pyridine rings is 1. The zero-order valence-electron chi connectivity index (χ0n) is 18.2. The highest BCUT2D eigenvalue weighted by Gasteiger charge is 2.47. The molecule has 3 aliphatic heterocycles. The molecule has 6 rings (SSSR count). The summed E-state index contributed by atoms with van der Waals surface area (Å²) in [4.78, 5) is 8.34. The maximum absolute atomic E-state index is 14.8. The summed E-state index contributed by atoms with van der Waals surface area (Å²) in [5.41, 5.74) is 3.31. The lowest BCUT2D eigenvalue weighted by molar-refractivity contribution is 0.00367. The van der Waals surface area contributed by atoms with E-state index >= 15 is 0 Å². The number of β-amino-alcohol motifs (C(OH)–C–C–N with tert-alkyl or cyclic N) is 1. The second-order valence-electron chi connectivity index (χ2n) is 9.16. The Morgan fingerprint density at radius 1 is 1.27 bits per heavy atom. The molecule has 1 aromatic carbocycles. The minimum Gasteiger partial charge on any atom is -0.382 e. The van der Waals surface area contributed by atoms with E-state index in [9.17, 15) is 9.50 Å². The standard InChI is InChI=1S/C24H25FN6OS/c1-15-2-4-19-23-22(18(25)12-27-19)24(32,14-31(15)23)13-30-8-6-17(7-9-30)26-11-16-3-5-21-20(10-16)28-29-33-21/h2-5,10,12,17,26,32H,1,6-9,11,13-14H2. The molecular formula is C24H25FN6OS. The molecule has 3 aliphatic rings. The maximum Gasteiger partial charge on any atom is 0.149 e. The van der Waals surface area contributed by atoms with Gasteiger partial charge in [-0.15, -0.1) is 5.10 Å². The Bertz CT molecular complexity index is 1270. The molecule has 0 spiro atoms. The summed E-state index contributed by atoms with van der Waals surface area (Å²) in [7, 11) is 0. The summed E-state index contributed by atoms with van der Waals surface area (Å²) in [5.74, 6) is -0.453. The second kappa shape index (κ2) is 7.95. The van der Waals surface area contributed by atoms with Gasteiger partial charge in [-0.3, -0.25) is 9.88 Å². The molecule has 9 heteroatoms. The fourth-order valence-electron chi connectivity index (χ4n) is 5.25. The predicted octanol–water partition coefficient (Wildman–Crippen LogP) is 3.03. The number of aromatic nitrogens is 3. The minimum atomic E-state index is -1.29. The van der Waals surface area contributed by atoms with Gasteiger partial charge < -0.3 is 15.3 Å². The number of rotatable bonds is 5. The third kappa shape index (κ3) is 3.65. The van der Waals surface area contributed by atoms with Crippen LogP contribution in [0.4, 0.5) is 10.1 Å². The van der Waals surface area contributed by atoms with Crippen molar-refractivity contribution < 1.29 is 9.50 Å². The lowest BCUT2D eigenvalue weighted by Gasteiger charge is -2.37. The number of halogens is 1. The first-order chi connectivity index (χ1) is 16.0. The molecule has 5 heterocycles. The van der Waals surface area contributed by atoms with Crippen LogP contribution >= 0.6 is 11.5 Å². The van der Waals surface area contributed by atoms with E-state index in [0.29, 0.717) is 36.1 Å². The van der Waals surface area contributed by atoms with Crippen LogP contribution < -0.4 is 10.2 Å². The van der Waals surface area contributed by atoms with Gasteiger partial charge >= 0.3 is 0 Å². The van der Waals surface area contributed by atoms with E-state index in [-0.39, 0.29) is 0 Å². The van der Waals surface area contributed by atoms with Gasteiger partial charge in [-0.2, -0.15) is 0 Å². The van der Waals surface area contributed by atoms with Crippen LogP contribution in [0, 0.1) is 5.82 Å². The van der Waals surface area contributed by atoms with Gasteiger partial charge in [0.05, 0.1) is 28.8 Å². The molecule has 2 N–H and O–H groups in total. The average molecular weight is 465 g/mol. The van der Waals surface area contributed by atoms with Crippen LogP contribution in [0.5, 0.6) is 0 Å². The summed E-state index contributed by atoms with van der Waals surface area (Å²) in [5, 5.41) is 19.4. The van der Waals surface area contributed by atoms with Crippen molar-refractivity contribution in [3.63, 3.8) is 0 Å². The van der Waals surface area contributed by atoms with Gasteiger partial charge in [-0.25, -0.2) is 4.39 Å². The van der Waals surface area contributed by atoms with Gasteiger partial charge in [-0.05, 0) is 67.3 Å². The van der Waals surface area contributed by atoms with Crippen LogP contribution in [-0.2, 0) is 12.1 Å². The highest BCUT2D eigenvalue weighted by Crippen LogP contribution is 2.46. The summed E-state index contributed by atoms with van der Waals surface area (Å²) >= 11 is 1.41. The number of nitrogens with zero attached hydrogens (tertiary/aromatic N) is 5. The molecule has 7 nitrogen and oxygen atoms in total. The van der Waals surface area contributed by atoms with Gasteiger partial charge in [0, 0.05) is 30.4 Å². The molecule has 1 unspecified atom stereocenters. The molecular weight excluding hydrogens is 439 g/mol. The van der Waals surface area contributed by atoms with Crippen molar-refractivity contribution >= 4 is 33.5 Å². The molecule has 0 bridgehead atoms. The Balaban J connectivity index is 1.10. The van der Waals surface area contributed by atoms with Crippen molar-refractivity contribution in [2.45, 2.75) is 31.0 Å². The van der Waals surface area contributed by atoms with Crippen LogP contribution in [-0.4, -0.2) is 56.8 Å². The van der Waals surface area contributed by atoms with Crippen molar-refractivity contribution in [2.24, 2.45) is 0 Å². The minimum absolute atomic E-state index is 0.299. The Morgan fingerprint density at radius 2 is 2.12 bits per heavy atom. The van der Waals surface area contributed by atoms with Crippen LogP contribution in [0.25, 0.3) is 16.3 Å². The van der Waals surface area contributed by atoms with E-state index in [1.807, 2.05) is 17.1 Å². The molecule has 1 fully saturated rings. The first-order valence-electron chi connectivity index (χ1n) is 11.2. The third-order valence-corrected chi connectivity index (χ3v) is 7.65. The topological polar surface area (TPSA) is 77.4 Å². The highest BCUT2D eigenvalue weighted by atomic mass is 32.1. The van der Waals surface area contributed by atoms with Crippen LogP contribution in [0.2, 0.25) is 0 Å². The number of hydrogen-bond acceptors (Lipinski definition) is 8. The number of allylic oxidation sites excluding steroid dienone is 1. The fourth-order valence-corrected chi connectivity index (χ4v) is 5.79. The largest absolute Gasteiger partial charge is 0.382 e. The van der Waals surface area contributed by atoms with Crippen LogP contribution in [0.3, 0.4) is 0 Å². The number of aliphatic hydroxyl groups is 1. The molecule has 1 atom stereocenters. The van der Waals surface area contributed by atoms with Crippen molar-refractivity contribution in [3.8, 4) is 0 Å². The molecule has 0 radical (unpaired) electrons. The van der Waals surface area contributed by atoms with Crippen LogP contribution in [0.1, 0.15) is 29.7 Å². The molecule has 1 saturated heterocycles. The first-order valence-corrected chi connectivity index (χ1v) is 12.0. The first kappa shape index (κ1) is 20.9. The summed E-state index contributed by atoms with van der Waals surface area (Å²) in [6, 6.07) is 6.69. The van der Waals surface area contributed by atoms with Crippen molar-refractivity contribution in [1.29, 1.82) is 0 Å². The van der Waals surface area contributed by atoms with E-state index in [1.54, 1.807) is 0 Å². The van der Waals surface area contributed by atoms with E-state index in [4.69, 9.17) is 0 Å². The average Bonchev–Trinajstić information content (AvgIpc) is 3.40. The van der Waals surface area contributed by atoms with Gasteiger partial charge in [0.15, 0.2) is 0 Å². The van der Waals surface area contributed by atoms with Crippen LogP contribution in [0.15, 0.2) is 42.7 Å². The number of hydrogen-bond donors (Lipinski definition) is 2. The summed E-state index contributed by atoms with van der Waals surface area (Å²) < 4.78 is 19.9. The maximum atomic E-state index is 14.8. The molecule has 170 valence electrons. The lowest BCUT2D eigenvalue weighted by Crippen LogP contribution is -2.49. The monoisotopic (exact) mass is 464 g/mol. The molecule has 33 heavy (non-hydrogen) atoms. The number of benzene rings is 1. The van der Waals surface area contributed by atoms with E-state index in [1.165, 1.54) is 23.3 Å². The summed E-state index contributed by atoms with van der Waals surface area (Å²) in [6.45, 7) is 7.24. The number of anilines is 1. The zero-order valence-corrected chi connectivity index (χ0v) is 19.0. The van der Waals surface area contributed by atoms with Crippen molar-refractivity contribution in [2.75, 3.05) is 31.1 Å². The number of likely N-dealkylation sites (tertiary alicyclic amines) is 1. The lowest BCUT2D eigenvalue weighted by atomic mass is 9.93. The van der Waals surface area contributed by atoms with E-state index < -0.39 is 11.4 Å². The Kier molecular flexibility index (Phi) is 5.02. The highest BCUT2D eigenvalue weighted by molar-refractivity contribution is 7.12. The quantitative estimate of drug-likeness (QED) is 0.601. The van der Waals surface area contributed by atoms with Gasteiger partial charge in [0.1, 0.15) is 16.9 Å². The van der Waals surface area contributed by atoms with Crippen molar-refractivity contribution in [1.82, 2.24) is 24.8 Å². The van der Waals surface area contributed by atoms with E-state index in [2.05, 4.69) is 49.6 Å². The third-order valence-electron chi connectivity index (χ3n) is 6.95. The Hall–Kier alpha value is -2.72. The summed E-state index contributed by atoms with van der Waals surface area (Å²) in [6.07, 6.45) is 6.87. The predicted molar refractivity (Wildman–Crippen MR) is 127 cm³/mol. The van der Waals surface area contributed by atoms with Gasteiger partial charge in [0.25, 0.3) is 0 Å². The molecule has 3 aromatic rings. The molecule has 0 amide bonds. The number of piperidine rings is 1. The SMILES string of the molecule is C=C1C=Cc2ncc(F)c3c2N1CC3(O)CN1CCC(NCc2ccc3snnc3c2)CC1. The molecule has 0 saturated carbocycles. The van der Waals surface area contributed by atoms with Crippen molar-refractivity contribution in [3.05, 3.63) is 65.4 Å². The fraction of sp³-hybridized carbons (Fsp3) is 0.375. The zero-order chi connectivity index (χ0) is 22.6. The normalized spacial score (nSPS) is 23.0. The van der Waals surface area contributed by atoms with E-state index in [0.717, 1.165) is 48.4 Å². The van der Waals surface area contributed by atoms with Gasteiger partial charge in [-0.1, -0.05) is 17.1 Å². The second-order valence-corrected chi connectivity index (χ2v) is 9.95. The Labute approximate surface area is 195 Å². The van der Waals surface area contributed by atoms with Gasteiger partial charge in [0.2, 0.25) is 0 Å². The Morgan fingerprint density at radius 3 is 2.97 bits per heavy atom. The molecule has 0 aliphatic carbocycles. The number of fused-ring (bicyclic) bond motifs is 1. The number of nitrogens with one attached hydrogen (secondary N) is 1. The molecule has 2 aromatic heterocycles. The smallest absolute Gasteiger partial charge is 0.149 e.